The van der Waals surface area contributed by atoms with Crippen molar-refractivity contribution in [2.24, 2.45) is 0 Å². The molecule has 0 spiro atoms. The third-order valence-electron chi connectivity index (χ3n) is 4.40. The van der Waals surface area contributed by atoms with Gasteiger partial charge in [-0.1, -0.05) is 12.7 Å². The van der Waals surface area contributed by atoms with Gasteiger partial charge in [0, 0.05) is 23.8 Å². The molecule has 164 valence electrons. The Balaban J connectivity index is 2.01. The number of nitrogens with zero attached hydrogens (tertiary/aromatic N) is 3. The minimum atomic E-state index is -0.818. The highest BCUT2D eigenvalue weighted by molar-refractivity contribution is 7.07. The highest BCUT2D eigenvalue weighted by atomic mass is 32.1. The molecule has 2 aromatic heterocycles. The van der Waals surface area contributed by atoms with Gasteiger partial charge in [0.1, 0.15) is 21.9 Å². The number of carbonyl (C=O) groups excluding carboxylic acids is 2. The SMILES string of the molecule is C=CCOC(=O)/C(C#N)=c1\s/c(=C/Nc2ccc3c(C(=O)OC)n[nH]c3c2)c(=O)n1CC. The average molecular weight is 453 g/mol. The van der Waals surface area contributed by atoms with Crippen LogP contribution in [0.3, 0.4) is 0 Å². The first kappa shape index (κ1) is 22.5. The van der Waals surface area contributed by atoms with Gasteiger partial charge in [-0.3, -0.25) is 14.5 Å². The molecule has 0 saturated heterocycles. The molecule has 2 heterocycles. The number of carbonyl (C=O) groups is 2. The molecular weight excluding hydrogens is 434 g/mol. The molecule has 0 aliphatic heterocycles. The molecule has 0 aliphatic rings. The van der Waals surface area contributed by atoms with Crippen LogP contribution < -0.4 is 20.1 Å². The van der Waals surface area contributed by atoms with Crippen molar-refractivity contribution in [1.82, 2.24) is 14.8 Å². The van der Waals surface area contributed by atoms with Gasteiger partial charge in [0.15, 0.2) is 11.3 Å². The van der Waals surface area contributed by atoms with E-state index in [9.17, 15) is 19.6 Å². The van der Waals surface area contributed by atoms with Crippen LogP contribution in [0.25, 0.3) is 22.7 Å². The van der Waals surface area contributed by atoms with E-state index in [1.165, 1.54) is 24.0 Å². The Labute approximate surface area is 185 Å². The summed E-state index contributed by atoms with van der Waals surface area (Å²) in [5.74, 6) is -1.37. The first-order chi connectivity index (χ1) is 15.4. The fourth-order valence-corrected chi connectivity index (χ4v) is 3.97. The van der Waals surface area contributed by atoms with Gasteiger partial charge in [-0.15, -0.1) is 11.3 Å². The quantitative estimate of drug-likeness (QED) is 0.396. The highest BCUT2D eigenvalue weighted by Crippen LogP contribution is 2.20. The van der Waals surface area contributed by atoms with E-state index in [0.29, 0.717) is 21.1 Å². The number of fused-ring (bicyclic) bond motifs is 1. The number of H-pyrrole nitrogens is 1. The van der Waals surface area contributed by atoms with E-state index in [2.05, 4.69) is 22.1 Å². The number of nitrogens with one attached hydrogen (secondary N) is 2. The van der Waals surface area contributed by atoms with Gasteiger partial charge in [-0.05, 0) is 25.1 Å². The number of thiazole rings is 1. The van der Waals surface area contributed by atoms with Crippen molar-refractivity contribution >= 4 is 51.6 Å². The van der Waals surface area contributed by atoms with Gasteiger partial charge in [0.05, 0.1) is 12.6 Å². The molecule has 32 heavy (non-hydrogen) atoms. The number of hydrogen-bond donors (Lipinski definition) is 2. The fraction of sp³-hybridized carbons (Fsp3) is 0.190. The zero-order valence-corrected chi connectivity index (χ0v) is 18.1. The summed E-state index contributed by atoms with van der Waals surface area (Å²) < 4.78 is 11.5. The minimum Gasteiger partial charge on any atom is -0.464 e. The van der Waals surface area contributed by atoms with Crippen molar-refractivity contribution in [2.75, 3.05) is 19.0 Å². The minimum absolute atomic E-state index is 0.0416. The lowest BCUT2D eigenvalue weighted by molar-refractivity contribution is -0.135. The predicted molar refractivity (Wildman–Crippen MR) is 119 cm³/mol. The van der Waals surface area contributed by atoms with E-state index in [1.807, 2.05) is 6.07 Å². The second kappa shape index (κ2) is 9.76. The van der Waals surface area contributed by atoms with Crippen LogP contribution >= 0.6 is 11.3 Å². The summed E-state index contributed by atoms with van der Waals surface area (Å²) in [5.41, 5.74) is 0.816. The Hall–Kier alpha value is -4.17. The van der Waals surface area contributed by atoms with E-state index >= 15 is 0 Å². The number of hydrogen-bond acceptors (Lipinski definition) is 9. The van der Waals surface area contributed by atoms with Crippen molar-refractivity contribution in [3.63, 3.8) is 0 Å². The summed E-state index contributed by atoms with van der Waals surface area (Å²) in [6, 6.07) is 6.96. The molecule has 0 aliphatic carbocycles. The monoisotopic (exact) mass is 453 g/mol. The van der Waals surface area contributed by atoms with E-state index < -0.39 is 11.9 Å². The largest absolute Gasteiger partial charge is 0.464 e. The number of ether oxygens (including phenoxy) is 2. The highest BCUT2D eigenvalue weighted by Gasteiger charge is 2.17. The Morgan fingerprint density at radius 3 is 2.88 bits per heavy atom. The number of anilines is 1. The van der Waals surface area contributed by atoms with Crippen LogP contribution in [-0.2, 0) is 20.8 Å². The van der Waals surface area contributed by atoms with Gasteiger partial charge in [-0.2, -0.15) is 10.4 Å². The molecule has 3 aromatic rings. The standard InChI is InChI=1S/C21H19N5O5S/c1-4-8-31-20(28)14(10-22)19-26(5-2)18(27)16(32-19)11-23-12-6-7-13-15(9-12)24-25-17(13)21(29)30-3/h4,6-7,9,11,23H,1,5,8H2,2-3H3,(H,24,25)/b16-11+,19-14-. The molecule has 2 N–H and O–H groups in total. The van der Waals surface area contributed by atoms with E-state index in [1.54, 1.807) is 25.1 Å². The molecule has 0 unspecified atom stereocenters. The maximum absolute atomic E-state index is 12.8. The summed E-state index contributed by atoms with van der Waals surface area (Å²) in [6.07, 6.45) is 2.88. The zero-order chi connectivity index (χ0) is 23.3. The van der Waals surface area contributed by atoms with Crippen molar-refractivity contribution in [2.45, 2.75) is 13.5 Å². The molecule has 0 saturated carbocycles. The summed E-state index contributed by atoms with van der Waals surface area (Å²) in [7, 11) is 1.28. The third-order valence-corrected chi connectivity index (χ3v) is 5.53. The maximum atomic E-state index is 12.8. The Kier molecular flexibility index (Phi) is 6.87. The lowest BCUT2D eigenvalue weighted by atomic mass is 10.2. The Morgan fingerprint density at radius 2 is 2.22 bits per heavy atom. The first-order valence-corrected chi connectivity index (χ1v) is 10.2. The Bertz CT molecular complexity index is 1420. The lowest BCUT2D eigenvalue weighted by Gasteiger charge is -2.00. The summed E-state index contributed by atoms with van der Waals surface area (Å²) in [4.78, 5) is 36.7. The number of benzene rings is 1. The van der Waals surface area contributed by atoms with Crippen LogP contribution in [0.4, 0.5) is 5.69 Å². The zero-order valence-electron chi connectivity index (χ0n) is 17.3. The van der Waals surface area contributed by atoms with Crippen LogP contribution in [0.5, 0.6) is 0 Å². The number of aromatic nitrogens is 3. The third kappa shape index (κ3) is 4.30. The molecule has 0 fully saturated rings. The number of esters is 2. The molecule has 0 radical (unpaired) electrons. The summed E-state index contributed by atoms with van der Waals surface area (Å²) in [6.45, 7) is 5.44. The molecule has 0 atom stereocenters. The molecule has 3 rings (SSSR count). The summed E-state index contributed by atoms with van der Waals surface area (Å²) >= 11 is 1.00. The normalized spacial score (nSPS) is 12.2. The maximum Gasteiger partial charge on any atom is 0.359 e. The van der Waals surface area contributed by atoms with Gasteiger partial charge in [-0.25, -0.2) is 9.59 Å². The van der Waals surface area contributed by atoms with E-state index in [-0.39, 0.29) is 34.6 Å². The number of nitriles is 1. The number of methoxy groups -OCH3 is 1. The molecular formula is C21H19N5O5S. The average Bonchev–Trinajstić information content (AvgIpc) is 3.36. The number of rotatable bonds is 7. The van der Waals surface area contributed by atoms with Crippen molar-refractivity contribution in [1.29, 1.82) is 5.26 Å². The molecule has 0 bridgehead atoms. The van der Waals surface area contributed by atoms with Crippen molar-refractivity contribution < 1.29 is 19.1 Å². The molecule has 1 aromatic carbocycles. The number of aromatic amines is 1. The van der Waals surface area contributed by atoms with E-state index in [4.69, 9.17) is 9.47 Å². The lowest BCUT2D eigenvalue weighted by Crippen LogP contribution is -2.32. The van der Waals surface area contributed by atoms with Gasteiger partial charge in [0.2, 0.25) is 0 Å². The molecule has 10 nitrogen and oxygen atoms in total. The second-order valence-electron chi connectivity index (χ2n) is 6.31. The second-order valence-corrected chi connectivity index (χ2v) is 7.34. The van der Waals surface area contributed by atoms with Crippen LogP contribution in [-0.4, -0.2) is 40.4 Å². The van der Waals surface area contributed by atoms with Crippen LogP contribution in [0.1, 0.15) is 17.4 Å². The van der Waals surface area contributed by atoms with Crippen LogP contribution in [0.2, 0.25) is 0 Å². The first-order valence-electron chi connectivity index (χ1n) is 9.40. The van der Waals surface area contributed by atoms with Crippen LogP contribution in [0.15, 0.2) is 35.6 Å². The smallest absolute Gasteiger partial charge is 0.359 e. The molecule has 11 heteroatoms. The molecule has 0 amide bonds. The van der Waals surface area contributed by atoms with Crippen LogP contribution in [0, 0.1) is 11.3 Å². The van der Waals surface area contributed by atoms with Gasteiger partial charge < -0.3 is 14.8 Å². The van der Waals surface area contributed by atoms with Crippen molar-refractivity contribution in [3.8, 4) is 6.07 Å². The summed E-state index contributed by atoms with van der Waals surface area (Å²) in [5, 5.41) is 19.8. The van der Waals surface area contributed by atoms with Gasteiger partial charge >= 0.3 is 11.9 Å². The van der Waals surface area contributed by atoms with Crippen molar-refractivity contribution in [3.05, 3.63) is 56.1 Å². The van der Waals surface area contributed by atoms with Gasteiger partial charge in [0.25, 0.3) is 5.56 Å². The Morgan fingerprint density at radius 1 is 1.44 bits per heavy atom. The fourth-order valence-electron chi connectivity index (χ4n) is 2.89. The topological polar surface area (TPSA) is 139 Å². The predicted octanol–water partition coefficient (Wildman–Crippen LogP) is 0.846. The van der Waals surface area contributed by atoms with E-state index in [0.717, 1.165) is 11.3 Å².